The summed E-state index contributed by atoms with van der Waals surface area (Å²) in [5.41, 5.74) is 3.62. The van der Waals surface area contributed by atoms with Crippen LogP contribution in [0.5, 0.6) is 11.5 Å². The molecule has 0 radical (unpaired) electrons. The molecule has 1 aliphatic heterocycles. The number of halogens is 1. The number of hydrogen-bond acceptors (Lipinski definition) is 4. The standard InChI is InChI=1S/C32H32ClN3O4/c1-3-4-19-34(31(38)22-40-26-17-13-24(33)14-18-26)21-30(37)36-28-9-6-5-8-27(28)35-20-7-10-29(35)32(36)23-11-15-25(39-2)16-12-23/h5-18,20,32H,3-4,19,21-22H2,1-2H3. The Morgan fingerprint density at radius 2 is 1.60 bits per heavy atom. The van der Waals surface area contributed by atoms with Gasteiger partial charge in [-0.05, 0) is 72.6 Å². The summed E-state index contributed by atoms with van der Waals surface area (Å²) in [7, 11) is 1.63. The van der Waals surface area contributed by atoms with Crippen LogP contribution in [0, 0.1) is 0 Å². The van der Waals surface area contributed by atoms with Crippen LogP contribution in [0.4, 0.5) is 5.69 Å². The third-order valence-electron chi connectivity index (χ3n) is 7.06. The molecule has 0 N–H and O–H groups in total. The molecule has 8 heteroatoms. The Morgan fingerprint density at radius 3 is 2.30 bits per heavy atom. The third kappa shape index (κ3) is 5.70. The Balaban J connectivity index is 1.45. The van der Waals surface area contributed by atoms with E-state index >= 15 is 0 Å². The minimum absolute atomic E-state index is 0.0650. The minimum atomic E-state index is -0.378. The Hall–Kier alpha value is -4.23. The highest BCUT2D eigenvalue weighted by Crippen LogP contribution is 2.42. The monoisotopic (exact) mass is 557 g/mol. The molecule has 0 saturated carbocycles. The van der Waals surface area contributed by atoms with E-state index in [0.29, 0.717) is 17.3 Å². The predicted octanol–water partition coefficient (Wildman–Crippen LogP) is 6.28. The Kier molecular flexibility index (Phi) is 8.41. The van der Waals surface area contributed by atoms with Gasteiger partial charge in [0.15, 0.2) is 6.61 Å². The fraction of sp³-hybridized carbons (Fsp3) is 0.250. The molecule has 0 aliphatic carbocycles. The van der Waals surface area contributed by atoms with Crippen LogP contribution >= 0.6 is 11.6 Å². The Labute approximate surface area is 239 Å². The van der Waals surface area contributed by atoms with Crippen LogP contribution in [-0.2, 0) is 9.59 Å². The second-order valence-electron chi connectivity index (χ2n) is 9.64. The highest BCUT2D eigenvalue weighted by atomic mass is 35.5. The summed E-state index contributed by atoms with van der Waals surface area (Å²) in [5.74, 6) is 0.873. The molecule has 1 atom stereocenters. The summed E-state index contributed by atoms with van der Waals surface area (Å²) in [5, 5.41) is 0.591. The second kappa shape index (κ2) is 12.3. The van der Waals surface area contributed by atoms with Gasteiger partial charge in [0.05, 0.1) is 24.2 Å². The van der Waals surface area contributed by atoms with E-state index in [4.69, 9.17) is 21.1 Å². The number of rotatable bonds is 10. The molecule has 40 heavy (non-hydrogen) atoms. The average Bonchev–Trinajstić information content (AvgIpc) is 3.48. The molecule has 206 valence electrons. The van der Waals surface area contributed by atoms with Gasteiger partial charge in [-0.2, -0.15) is 0 Å². The van der Waals surface area contributed by atoms with Gasteiger partial charge in [-0.3, -0.25) is 14.5 Å². The third-order valence-corrected chi connectivity index (χ3v) is 7.31. The fourth-order valence-electron chi connectivity index (χ4n) is 5.01. The van der Waals surface area contributed by atoms with Crippen molar-refractivity contribution in [3.63, 3.8) is 0 Å². The number of unbranched alkanes of at least 4 members (excludes halogenated alkanes) is 1. The molecular formula is C32H32ClN3O4. The van der Waals surface area contributed by atoms with Crippen LogP contribution < -0.4 is 14.4 Å². The van der Waals surface area contributed by atoms with Crippen LogP contribution in [0.3, 0.4) is 0 Å². The lowest BCUT2D eigenvalue weighted by Gasteiger charge is -2.39. The molecule has 3 aromatic carbocycles. The molecule has 0 bridgehead atoms. The number of nitrogens with zero attached hydrogens (tertiary/aromatic N) is 3. The molecule has 7 nitrogen and oxygen atoms in total. The Morgan fingerprint density at radius 1 is 0.900 bits per heavy atom. The first-order valence-electron chi connectivity index (χ1n) is 13.4. The molecule has 5 rings (SSSR count). The van der Waals surface area contributed by atoms with Crippen LogP contribution in [-0.4, -0.2) is 48.1 Å². The number of carbonyl (C=O) groups excluding carboxylic acids is 2. The van der Waals surface area contributed by atoms with Gasteiger partial charge in [0, 0.05) is 17.8 Å². The molecule has 1 unspecified atom stereocenters. The van der Waals surface area contributed by atoms with Crippen LogP contribution in [0.1, 0.15) is 37.1 Å². The van der Waals surface area contributed by atoms with E-state index in [0.717, 1.165) is 41.2 Å². The molecule has 0 saturated heterocycles. The molecule has 0 spiro atoms. The van der Waals surface area contributed by atoms with E-state index in [1.807, 2.05) is 71.8 Å². The topological polar surface area (TPSA) is 64.0 Å². The molecule has 2 amide bonds. The predicted molar refractivity (Wildman–Crippen MR) is 157 cm³/mol. The van der Waals surface area contributed by atoms with Crippen molar-refractivity contribution in [2.45, 2.75) is 25.8 Å². The molecule has 1 aromatic heterocycles. The van der Waals surface area contributed by atoms with Crippen molar-refractivity contribution in [2.75, 3.05) is 31.7 Å². The number of para-hydroxylation sites is 2. The quantitative estimate of drug-likeness (QED) is 0.230. The van der Waals surface area contributed by atoms with Crippen molar-refractivity contribution in [1.29, 1.82) is 0 Å². The lowest BCUT2D eigenvalue weighted by molar-refractivity contribution is -0.137. The van der Waals surface area contributed by atoms with Gasteiger partial charge < -0.3 is 18.9 Å². The largest absolute Gasteiger partial charge is 0.497 e. The van der Waals surface area contributed by atoms with Crippen molar-refractivity contribution in [3.05, 3.63) is 107 Å². The van der Waals surface area contributed by atoms with Crippen molar-refractivity contribution in [1.82, 2.24) is 9.47 Å². The number of amides is 2. The first kappa shape index (κ1) is 27.3. The van der Waals surface area contributed by atoms with Gasteiger partial charge in [0.2, 0.25) is 5.91 Å². The molecule has 1 aliphatic rings. The SMILES string of the molecule is CCCCN(CC(=O)N1c2ccccc2-n2cccc2C1c1ccc(OC)cc1)C(=O)COc1ccc(Cl)cc1. The van der Waals surface area contributed by atoms with E-state index in [1.165, 1.54) is 0 Å². The zero-order chi connectivity index (χ0) is 28.1. The summed E-state index contributed by atoms with van der Waals surface area (Å²) in [6.07, 6.45) is 3.68. The average molecular weight is 558 g/mol. The van der Waals surface area contributed by atoms with Gasteiger partial charge in [-0.1, -0.05) is 49.2 Å². The highest BCUT2D eigenvalue weighted by molar-refractivity contribution is 6.30. The number of aromatic nitrogens is 1. The summed E-state index contributed by atoms with van der Waals surface area (Å²) in [6, 6.07) is 26.1. The lowest BCUT2D eigenvalue weighted by Crippen LogP contribution is -2.47. The van der Waals surface area contributed by atoms with Crippen LogP contribution in [0.15, 0.2) is 91.1 Å². The van der Waals surface area contributed by atoms with Gasteiger partial charge >= 0.3 is 0 Å². The zero-order valence-electron chi connectivity index (χ0n) is 22.6. The minimum Gasteiger partial charge on any atom is -0.497 e. The summed E-state index contributed by atoms with van der Waals surface area (Å²) in [4.78, 5) is 31.0. The summed E-state index contributed by atoms with van der Waals surface area (Å²) >= 11 is 5.96. The number of benzene rings is 3. The van der Waals surface area contributed by atoms with Crippen molar-refractivity contribution < 1.29 is 19.1 Å². The van der Waals surface area contributed by atoms with Crippen LogP contribution in [0.25, 0.3) is 5.69 Å². The molecule has 0 fully saturated rings. The van der Waals surface area contributed by atoms with E-state index in [-0.39, 0.29) is 31.0 Å². The summed E-state index contributed by atoms with van der Waals surface area (Å²) in [6.45, 7) is 2.29. The smallest absolute Gasteiger partial charge is 0.260 e. The number of methoxy groups -OCH3 is 1. The van der Waals surface area contributed by atoms with Gasteiger partial charge in [0.1, 0.15) is 24.1 Å². The van der Waals surface area contributed by atoms with Crippen molar-refractivity contribution in [3.8, 4) is 17.2 Å². The number of fused-ring (bicyclic) bond motifs is 3. The van der Waals surface area contributed by atoms with Crippen molar-refractivity contribution >= 4 is 29.1 Å². The Bertz CT molecular complexity index is 1470. The first-order valence-corrected chi connectivity index (χ1v) is 13.8. The normalized spacial score (nSPS) is 13.8. The van der Waals surface area contributed by atoms with Gasteiger partial charge in [-0.15, -0.1) is 0 Å². The second-order valence-corrected chi connectivity index (χ2v) is 10.1. The number of anilines is 1. The van der Waals surface area contributed by atoms with Crippen molar-refractivity contribution in [2.24, 2.45) is 0 Å². The maximum atomic E-state index is 14.2. The summed E-state index contributed by atoms with van der Waals surface area (Å²) < 4.78 is 13.2. The van der Waals surface area contributed by atoms with E-state index in [9.17, 15) is 9.59 Å². The fourth-order valence-corrected chi connectivity index (χ4v) is 5.14. The highest BCUT2D eigenvalue weighted by Gasteiger charge is 2.37. The molecule has 2 heterocycles. The van der Waals surface area contributed by atoms with Gasteiger partial charge in [-0.25, -0.2) is 0 Å². The zero-order valence-corrected chi connectivity index (χ0v) is 23.4. The lowest BCUT2D eigenvalue weighted by atomic mass is 9.97. The number of hydrogen-bond donors (Lipinski definition) is 0. The number of ether oxygens (including phenoxy) is 2. The first-order chi connectivity index (χ1) is 19.5. The number of carbonyl (C=O) groups is 2. The van der Waals surface area contributed by atoms with E-state index < -0.39 is 0 Å². The van der Waals surface area contributed by atoms with Crippen LogP contribution in [0.2, 0.25) is 5.02 Å². The molecule has 4 aromatic rings. The van der Waals surface area contributed by atoms with Gasteiger partial charge in [0.25, 0.3) is 5.91 Å². The molecular weight excluding hydrogens is 526 g/mol. The maximum Gasteiger partial charge on any atom is 0.260 e. The maximum absolute atomic E-state index is 14.2. The van der Waals surface area contributed by atoms with E-state index in [2.05, 4.69) is 11.5 Å². The van der Waals surface area contributed by atoms with E-state index in [1.54, 1.807) is 36.3 Å².